The first-order valence-electron chi connectivity index (χ1n) is 6.59. The molecule has 0 aromatic carbocycles. The van der Waals surface area contributed by atoms with Crippen LogP contribution in [0, 0.1) is 5.92 Å². The summed E-state index contributed by atoms with van der Waals surface area (Å²) in [5.41, 5.74) is 0. The van der Waals surface area contributed by atoms with Crippen LogP contribution in [0.1, 0.15) is 52.4 Å². The zero-order valence-corrected chi connectivity index (χ0v) is 10.6. The quantitative estimate of drug-likeness (QED) is 0.669. The van der Waals surface area contributed by atoms with E-state index in [2.05, 4.69) is 26.2 Å². The fourth-order valence-electron chi connectivity index (χ4n) is 2.47. The average molecular weight is 213 g/mol. The maximum atomic E-state index is 5.58. The summed E-state index contributed by atoms with van der Waals surface area (Å²) in [6.07, 6.45) is 8.50. The standard InChI is InChI=1S/C13H27NO/c1-4-6-7-12(14-3)8-11-9-13(10-11)15-5-2/h11-14H,4-10H2,1-3H3. The zero-order valence-electron chi connectivity index (χ0n) is 10.6. The van der Waals surface area contributed by atoms with Crippen LogP contribution in [0.2, 0.25) is 0 Å². The van der Waals surface area contributed by atoms with Crippen LogP contribution in [0.5, 0.6) is 0 Å². The maximum Gasteiger partial charge on any atom is 0.0580 e. The molecule has 0 heterocycles. The van der Waals surface area contributed by atoms with Gasteiger partial charge >= 0.3 is 0 Å². The van der Waals surface area contributed by atoms with Crippen LogP contribution in [0.25, 0.3) is 0 Å². The predicted molar refractivity (Wildman–Crippen MR) is 65.1 cm³/mol. The van der Waals surface area contributed by atoms with Gasteiger partial charge in [-0.25, -0.2) is 0 Å². The second-order valence-electron chi connectivity index (χ2n) is 4.78. The van der Waals surface area contributed by atoms with Crippen LogP contribution in [-0.4, -0.2) is 25.8 Å². The Hall–Kier alpha value is -0.0800. The molecule has 2 nitrogen and oxygen atoms in total. The van der Waals surface area contributed by atoms with Crippen molar-refractivity contribution in [2.45, 2.75) is 64.5 Å². The topological polar surface area (TPSA) is 21.3 Å². The first-order chi connectivity index (χ1) is 7.30. The van der Waals surface area contributed by atoms with E-state index in [1.54, 1.807) is 0 Å². The van der Waals surface area contributed by atoms with Crippen LogP contribution in [0.3, 0.4) is 0 Å². The molecule has 0 aromatic rings. The summed E-state index contributed by atoms with van der Waals surface area (Å²) in [4.78, 5) is 0. The smallest absolute Gasteiger partial charge is 0.0580 e. The van der Waals surface area contributed by atoms with Gasteiger partial charge in [0.05, 0.1) is 6.10 Å². The minimum atomic E-state index is 0.573. The lowest BCUT2D eigenvalue weighted by molar-refractivity contribution is -0.0291. The van der Waals surface area contributed by atoms with Crippen LogP contribution in [0.15, 0.2) is 0 Å². The molecule has 0 radical (unpaired) electrons. The summed E-state index contributed by atoms with van der Waals surface area (Å²) < 4.78 is 5.58. The number of unbranched alkanes of at least 4 members (excludes halogenated alkanes) is 1. The van der Waals surface area contributed by atoms with Gasteiger partial charge in [0.2, 0.25) is 0 Å². The Labute approximate surface area is 94.8 Å². The van der Waals surface area contributed by atoms with Gasteiger partial charge in [-0.15, -0.1) is 0 Å². The SMILES string of the molecule is CCCCC(CC1CC(OCC)C1)NC. The highest BCUT2D eigenvalue weighted by atomic mass is 16.5. The van der Waals surface area contributed by atoms with E-state index in [0.717, 1.165) is 18.6 Å². The molecule has 0 bridgehead atoms. The molecular formula is C13H27NO. The van der Waals surface area contributed by atoms with E-state index >= 15 is 0 Å². The fraction of sp³-hybridized carbons (Fsp3) is 1.00. The third kappa shape index (κ3) is 4.52. The second kappa shape index (κ2) is 7.24. The summed E-state index contributed by atoms with van der Waals surface area (Å²) >= 11 is 0. The van der Waals surface area contributed by atoms with Crippen LogP contribution in [-0.2, 0) is 4.74 Å². The summed E-state index contributed by atoms with van der Waals surface area (Å²) in [5, 5.41) is 3.44. The summed E-state index contributed by atoms with van der Waals surface area (Å²) in [5.74, 6) is 0.913. The highest BCUT2D eigenvalue weighted by molar-refractivity contribution is 4.83. The first-order valence-corrected chi connectivity index (χ1v) is 6.59. The molecule has 90 valence electrons. The molecule has 2 heteroatoms. The van der Waals surface area contributed by atoms with Crippen molar-refractivity contribution in [3.8, 4) is 0 Å². The number of hydrogen-bond acceptors (Lipinski definition) is 2. The van der Waals surface area contributed by atoms with Crippen LogP contribution in [0.4, 0.5) is 0 Å². The van der Waals surface area contributed by atoms with E-state index in [9.17, 15) is 0 Å². The molecule has 1 rings (SSSR count). The van der Waals surface area contributed by atoms with E-state index in [4.69, 9.17) is 4.74 Å². The number of rotatable bonds is 8. The van der Waals surface area contributed by atoms with E-state index in [1.165, 1.54) is 38.5 Å². The molecule has 1 fully saturated rings. The monoisotopic (exact) mass is 213 g/mol. The Bertz CT molecular complexity index is 155. The van der Waals surface area contributed by atoms with Crippen molar-refractivity contribution >= 4 is 0 Å². The Morgan fingerprint density at radius 1 is 1.33 bits per heavy atom. The van der Waals surface area contributed by atoms with Crippen molar-refractivity contribution in [2.24, 2.45) is 5.92 Å². The molecule has 0 aliphatic heterocycles. The number of nitrogens with one attached hydrogen (secondary N) is 1. The molecule has 1 unspecified atom stereocenters. The van der Waals surface area contributed by atoms with Crippen LogP contribution >= 0.6 is 0 Å². The van der Waals surface area contributed by atoms with E-state index < -0.39 is 0 Å². The predicted octanol–water partition coefficient (Wildman–Crippen LogP) is 2.97. The number of ether oxygens (including phenoxy) is 1. The molecule has 1 atom stereocenters. The maximum absolute atomic E-state index is 5.58. The van der Waals surface area contributed by atoms with Gasteiger partial charge in [0.15, 0.2) is 0 Å². The van der Waals surface area contributed by atoms with Crippen molar-refractivity contribution in [3.63, 3.8) is 0 Å². The molecule has 1 aliphatic carbocycles. The fourth-order valence-corrected chi connectivity index (χ4v) is 2.47. The third-order valence-electron chi connectivity index (χ3n) is 3.53. The van der Waals surface area contributed by atoms with Crippen molar-refractivity contribution in [2.75, 3.05) is 13.7 Å². The molecule has 0 saturated heterocycles. The molecule has 15 heavy (non-hydrogen) atoms. The minimum absolute atomic E-state index is 0.573. The largest absolute Gasteiger partial charge is 0.378 e. The van der Waals surface area contributed by atoms with Crippen molar-refractivity contribution < 1.29 is 4.74 Å². The Kier molecular flexibility index (Phi) is 6.26. The van der Waals surface area contributed by atoms with Gasteiger partial charge in [0, 0.05) is 12.6 Å². The van der Waals surface area contributed by atoms with E-state index in [1.807, 2.05) is 0 Å². The highest BCUT2D eigenvalue weighted by Crippen LogP contribution is 2.34. The van der Waals surface area contributed by atoms with Gasteiger partial charge in [-0.2, -0.15) is 0 Å². The highest BCUT2D eigenvalue weighted by Gasteiger charge is 2.30. The summed E-state index contributed by atoms with van der Waals surface area (Å²) in [6.45, 7) is 5.23. The molecule has 1 N–H and O–H groups in total. The third-order valence-corrected chi connectivity index (χ3v) is 3.53. The van der Waals surface area contributed by atoms with Gasteiger partial charge in [0.25, 0.3) is 0 Å². The van der Waals surface area contributed by atoms with E-state index in [0.29, 0.717) is 6.10 Å². The normalized spacial score (nSPS) is 27.4. The van der Waals surface area contributed by atoms with Crippen molar-refractivity contribution in [1.29, 1.82) is 0 Å². The minimum Gasteiger partial charge on any atom is -0.378 e. The number of hydrogen-bond donors (Lipinski definition) is 1. The van der Waals surface area contributed by atoms with Gasteiger partial charge in [-0.1, -0.05) is 19.8 Å². The lowest BCUT2D eigenvalue weighted by Crippen LogP contribution is -2.37. The van der Waals surface area contributed by atoms with Crippen LogP contribution < -0.4 is 5.32 Å². The Balaban J connectivity index is 2.07. The second-order valence-corrected chi connectivity index (χ2v) is 4.78. The first kappa shape index (κ1) is 13.0. The van der Waals surface area contributed by atoms with Crippen molar-refractivity contribution in [3.05, 3.63) is 0 Å². The van der Waals surface area contributed by atoms with E-state index in [-0.39, 0.29) is 0 Å². The molecule has 0 spiro atoms. The lowest BCUT2D eigenvalue weighted by atomic mass is 9.77. The Morgan fingerprint density at radius 3 is 2.60 bits per heavy atom. The molecule has 0 aromatic heterocycles. The van der Waals surface area contributed by atoms with Gasteiger partial charge in [0.1, 0.15) is 0 Å². The lowest BCUT2D eigenvalue weighted by Gasteiger charge is -2.37. The van der Waals surface area contributed by atoms with Crippen molar-refractivity contribution in [1.82, 2.24) is 5.32 Å². The van der Waals surface area contributed by atoms with Gasteiger partial charge < -0.3 is 10.1 Å². The summed E-state index contributed by atoms with van der Waals surface area (Å²) in [6, 6.07) is 0.734. The average Bonchev–Trinajstić information content (AvgIpc) is 2.20. The molecule has 0 amide bonds. The molecule has 1 saturated carbocycles. The molecule has 1 aliphatic rings. The Morgan fingerprint density at radius 2 is 2.07 bits per heavy atom. The zero-order chi connectivity index (χ0) is 11.1. The summed E-state index contributed by atoms with van der Waals surface area (Å²) in [7, 11) is 2.10. The molecular weight excluding hydrogens is 186 g/mol. The van der Waals surface area contributed by atoms with Gasteiger partial charge in [-0.3, -0.25) is 0 Å². The van der Waals surface area contributed by atoms with Gasteiger partial charge in [-0.05, 0) is 45.6 Å².